The molecule has 1 fully saturated rings. The molecule has 154 valence electrons. The van der Waals surface area contributed by atoms with Crippen molar-refractivity contribution in [3.05, 3.63) is 66.2 Å². The van der Waals surface area contributed by atoms with Crippen LogP contribution in [0, 0.1) is 0 Å². The molecular weight excluding hydrogens is 380 g/mol. The second-order valence-electron chi connectivity index (χ2n) is 7.52. The van der Waals surface area contributed by atoms with Crippen LogP contribution in [0.5, 0.6) is 0 Å². The fourth-order valence-electron chi connectivity index (χ4n) is 3.81. The van der Waals surface area contributed by atoms with E-state index in [0.29, 0.717) is 18.7 Å². The van der Waals surface area contributed by atoms with Crippen LogP contribution in [0.25, 0.3) is 0 Å². The summed E-state index contributed by atoms with van der Waals surface area (Å²) in [6, 6.07) is 19.6. The molecule has 1 unspecified atom stereocenters. The topological polar surface area (TPSA) is 49.4 Å². The minimum atomic E-state index is -0.445. The van der Waals surface area contributed by atoms with Gasteiger partial charge in [0.1, 0.15) is 6.04 Å². The third-order valence-electron chi connectivity index (χ3n) is 5.39. The number of hydrogen-bond acceptors (Lipinski definition) is 3. The Morgan fingerprint density at radius 2 is 1.66 bits per heavy atom. The van der Waals surface area contributed by atoms with Gasteiger partial charge in [0.05, 0.1) is 5.75 Å². The van der Waals surface area contributed by atoms with E-state index in [-0.39, 0.29) is 17.9 Å². The largest absolute Gasteiger partial charge is 0.352 e. The number of nitrogens with zero attached hydrogens (tertiary/aromatic N) is 1. The molecule has 0 saturated heterocycles. The smallest absolute Gasteiger partial charge is 0.243 e. The molecule has 0 aromatic heterocycles. The number of amides is 2. The van der Waals surface area contributed by atoms with Crippen LogP contribution in [0.3, 0.4) is 0 Å². The number of nitrogens with one attached hydrogen (secondary N) is 1. The van der Waals surface area contributed by atoms with E-state index >= 15 is 0 Å². The zero-order chi connectivity index (χ0) is 20.5. The lowest BCUT2D eigenvalue weighted by molar-refractivity contribution is -0.139. The van der Waals surface area contributed by atoms with Gasteiger partial charge in [0, 0.05) is 17.5 Å². The molecule has 0 heterocycles. The molecule has 4 nitrogen and oxygen atoms in total. The van der Waals surface area contributed by atoms with Gasteiger partial charge in [-0.2, -0.15) is 0 Å². The molecule has 1 N–H and O–H groups in total. The molecule has 1 saturated carbocycles. The lowest BCUT2D eigenvalue weighted by atomic mass is 10.1. The van der Waals surface area contributed by atoms with Gasteiger partial charge in [-0.15, -0.1) is 11.8 Å². The Labute approximate surface area is 178 Å². The van der Waals surface area contributed by atoms with Gasteiger partial charge in [-0.05, 0) is 37.0 Å². The summed E-state index contributed by atoms with van der Waals surface area (Å²) in [5, 5.41) is 3.19. The summed E-state index contributed by atoms with van der Waals surface area (Å²) in [6.07, 6.45) is 5.02. The zero-order valence-electron chi connectivity index (χ0n) is 17.0. The minimum absolute atomic E-state index is 0.00359. The van der Waals surface area contributed by atoms with Gasteiger partial charge >= 0.3 is 0 Å². The number of benzene rings is 2. The highest BCUT2D eigenvalue weighted by Crippen LogP contribution is 2.21. The summed E-state index contributed by atoms with van der Waals surface area (Å²) in [7, 11) is 0. The maximum atomic E-state index is 13.2. The number of rotatable bonds is 9. The maximum Gasteiger partial charge on any atom is 0.243 e. The van der Waals surface area contributed by atoms with Crippen LogP contribution in [0.1, 0.15) is 44.6 Å². The lowest BCUT2D eigenvalue weighted by Crippen LogP contribution is -2.51. The van der Waals surface area contributed by atoms with E-state index in [4.69, 9.17) is 0 Å². The Morgan fingerprint density at radius 3 is 2.28 bits per heavy atom. The van der Waals surface area contributed by atoms with E-state index in [2.05, 4.69) is 5.32 Å². The van der Waals surface area contributed by atoms with Gasteiger partial charge in [-0.3, -0.25) is 9.59 Å². The first-order valence-electron chi connectivity index (χ1n) is 10.5. The van der Waals surface area contributed by atoms with Crippen LogP contribution in [0.4, 0.5) is 0 Å². The average molecular weight is 411 g/mol. The van der Waals surface area contributed by atoms with Crippen molar-refractivity contribution in [3.63, 3.8) is 0 Å². The number of thioether (sulfide) groups is 1. The van der Waals surface area contributed by atoms with Crippen molar-refractivity contribution >= 4 is 23.6 Å². The van der Waals surface area contributed by atoms with E-state index in [0.717, 1.165) is 23.3 Å². The molecule has 2 aromatic carbocycles. The summed E-state index contributed by atoms with van der Waals surface area (Å²) in [5.41, 5.74) is 1.04. The maximum absolute atomic E-state index is 13.2. The number of carbonyl (C=O) groups is 2. The van der Waals surface area contributed by atoms with Crippen LogP contribution < -0.4 is 5.32 Å². The first-order chi connectivity index (χ1) is 14.2. The van der Waals surface area contributed by atoms with Crippen molar-refractivity contribution in [2.45, 2.75) is 62.6 Å². The molecule has 1 aliphatic carbocycles. The molecule has 3 rings (SSSR count). The molecule has 0 spiro atoms. The van der Waals surface area contributed by atoms with Crippen molar-refractivity contribution in [1.29, 1.82) is 0 Å². The summed E-state index contributed by atoms with van der Waals surface area (Å²) in [5.74, 6) is 0.300. The molecule has 0 aliphatic heterocycles. The van der Waals surface area contributed by atoms with E-state index in [1.807, 2.05) is 67.6 Å². The molecule has 0 radical (unpaired) electrons. The van der Waals surface area contributed by atoms with Gasteiger partial charge in [-0.1, -0.05) is 68.3 Å². The predicted octanol–water partition coefficient (Wildman–Crippen LogP) is 4.64. The monoisotopic (exact) mass is 410 g/mol. The van der Waals surface area contributed by atoms with Crippen molar-refractivity contribution in [1.82, 2.24) is 10.2 Å². The third-order valence-corrected chi connectivity index (χ3v) is 6.39. The Kier molecular flexibility index (Phi) is 8.17. The summed E-state index contributed by atoms with van der Waals surface area (Å²) >= 11 is 1.52. The van der Waals surface area contributed by atoms with Crippen LogP contribution in [-0.4, -0.2) is 34.6 Å². The second kappa shape index (κ2) is 11.1. The van der Waals surface area contributed by atoms with E-state index in [9.17, 15) is 9.59 Å². The van der Waals surface area contributed by atoms with Gasteiger partial charge in [0.15, 0.2) is 0 Å². The zero-order valence-corrected chi connectivity index (χ0v) is 17.9. The highest BCUT2D eigenvalue weighted by atomic mass is 32.2. The van der Waals surface area contributed by atoms with Crippen molar-refractivity contribution in [2.24, 2.45) is 0 Å². The summed E-state index contributed by atoms with van der Waals surface area (Å²) in [4.78, 5) is 29.0. The SMILES string of the molecule is CCC(C(=O)NC1CCCC1)N(Cc1ccccc1)C(=O)CSc1ccccc1. The van der Waals surface area contributed by atoms with Crippen molar-refractivity contribution < 1.29 is 9.59 Å². The van der Waals surface area contributed by atoms with Crippen LogP contribution in [-0.2, 0) is 16.1 Å². The number of hydrogen-bond donors (Lipinski definition) is 1. The van der Waals surface area contributed by atoms with Crippen molar-refractivity contribution in [3.8, 4) is 0 Å². The Balaban J connectivity index is 1.72. The molecular formula is C24H30N2O2S. The predicted molar refractivity (Wildman–Crippen MR) is 119 cm³/mol. The quantitative estimate of drug-likeness (QED) is 0.613. The molecule has 1 atom stereocenters. The highest BCUT2D eigenvalue weighted by molar-refractivity contribution is 8.00. The van der Waals surface area contributed by atoms with Crippen LogP contribution in [0.2, 0.25) is 0 Å². The average Bonchev–Trinajstić information content (AvgIpc) is 3.26. The van der Waals surface area contributed by atoms with Crippen LogP contribution in [0.15, 0.2) is 65.6 Å². The molecule has 2 amide bonds. The first kappa shape index (κ1) is 21.4. The van der Waals surface area contributed by atoms with Gasteiger partial charge in [0.25, 0.3) is 0 Å². The first-order valence-corrected chi connectivity index (χ1v) is 11.5. The van der Waals surface area contributed by atoms with E-state index < -0.39 is 6.04 Å². The Hall–Kier alpha value is -2.27. The molecule has 2 aromatic rings. The molecule has 29 heavy (non-hydrogen) atoms. The van der Waals surface area contributed by atoms with Gasteiger partial charge < -0.3 is 10.2 Å². The fourth-order valence-corrected chi connectivity index (χ4v) is 4.62. The standard InChI is InChI=1S/C24H30N2O2S/c1-2-22(24(28)25-20-13-9-10-14-20)26(17-19-11-5-3-6-12-19)23(27)18-29-21-15-7-4-8-16-21/h3-8,11-12,15-16,20,22H,2,9-10,13-14,17-18H2,1H3,(H,25,28). The fraction of sp³-hybridized carbons (Fsp3) is 0.417. The molecule has 0 bridgehead atoms. The normalized spacial score (nSPS) is 15.1. The van der Waals surface area contributed by atoms with E-state index in [1.54, 1.807) is 4.90 Å². The Bertz CT molecular complexity index is 776. The Morgan fingerprint density at radius 1 is 1.03 bits per heavy atom. The molecule has 5 heteroatoms. The second-order valence-corrected chi connectivity index (χ2v) is 8.57. The van der Waals surface area contributed by atoms with Gasteiger partial charge in [-0.25, -0.2) is 0 Å². The lowest BCUT2D eigenvalue weighted by Gasteiger charge is -2.31. The van der Waals surface area contributed by atoms with Crippen LogP contribution >= 0.6 is 11.8 Å². The number of carbonyl (C=O) groups excluding carboxylic acids is 2. The summed E-state index contributed by atoms with van der Waals surface area (Å²) < 4.78 is 0. The minimum Gasteiger partial charge on any atom is -0.352 e. The molecule has 1 aliphatic rings. The van der Waals surface area contributed by atoms with Crippen molar-refractivity contribution in [2.75, 3.05) is 5.75 Å². The highest BCUT2D eigenvalue weighted by Gasteiger charge is 2.30. The summed E-state index contributed by atoms with van der Waals surface area (Å²) in [6.45, 7) is 2.43. The third kappa shape index (κ3) is 6.36. The van der Waals surface area contributed by atoms with E-state index in [1.165, 1.54) is 24.6 Å². The van der Waals surface area contributed by atoms with Gasteiger partial charge in [0.2, 0.25) is 11.8 Å².